The average molecular weight is 470 g/mol. The molecule has 0 aliphatic heterocycles. The number of benzene rings is 3. The Morgan fingerprint density at radius 3 is 2.44 bits per heavy atom. The van der Waals surface area contributed by atoms with Crippen LogP contribution in [0, 0.1) is 0 Å². The molecule has 2 aliphatic carbocycles. The first-order chi connectivity index (χ1) is 16.7. The van der Waals surface area contributed by atoms with E-state index in [4.69, 9.17) is 14.7 Å². The van der Waals surface area contributed by atoms with Crippen LogP contribution in [0.1, 0.15) is 50.5 Å². The summed E-state index contributed by atoms with van der Waals surface area (Å²) in [6.07, 6.45) is 5.15. The van der Waals surface area contributed by atoms with Gasteiger partial charge in [-0.2, -0.15) is 0 Å². The van der Waals surface area contributed by atoms with E-state index in [0.29, 0.717) is 17.7 Å². The minimum absolute atomic E-state index is 0.154. The first-order valence-electron chi connectivity index (χ1n) is 12.1. The second-order valence-corrected chi connectivity index (χ2v) is 10.5. The second-order valence-electron chi connectivity index (χ2n) is 9.19. The molecule has 0 unspecified atom stereocenters. The Bertz CT molecular complexity index is 1400. The van der Waals surface area contributed by atoms with Gasteiger partial charge in [0.2, 0.25) is 0 Å². The van der Waals surface area contributed by atoms with Crippen molar-refractivity contribution >= 4 is 50.9 Å². The van der Waals surface area contributed by atoms with Crippen LogP contribution < -0.4 is 5.32 Å². The Morgan fingerprint density at radius 1 is 1.00 bits per heavy atom. The van der Waals surface area contributed by atoms with E-state index in [1.54, 1.807) is 0 Å². The molecule has 0 bridgehead atoms. The van der Waals surface area contributed by atoms with Gasteiger partial charge in [-0.05, 0) is 74.1 Å². The van der Waals surface area contributed by atoms with E-state index in [-0.39, 0.29) is 5.97 Å². The number of thioether (sulfide) groups is 1. The van der Waals surface area contributed by atoms with E-state index < -0.39 is 4.75 Å². The van der Waals surface area contributed by atoms with Gasteiger partial charge in [-0.3, -0.25) is 4.79 Å². The van der Waals surface area contributed by atoms with Crippen LogP contribution in [0.5, 0.6) is 0 Å². The summed E-state index contributed by atoms with van der Waals surface area (Å²) < 4.78 is 4.81. The lowest BCUT2D eigenvalue weighted by Gasteiger charge is -2.37. The van der Waals surface area contributed by atoms with Crippen molar-refractivity contribution in [3.8, 4) is 0 Å². The Labute approximate surface area is 203 Å². The molecule has 0 radical (unpaired) electrons. The number of nitrogens with zero attached hydrogens (tertiary/aromatic N) is 2. The van der Waals surface area contributed by atoms with Crippen molar-refractivity contribution < 1.29 is 9.53 Å². The third-order valence-corrected chi connectivity index (χ3v) is 8.24. The molecule has 0 spiro atoms. The smallest absolute Gasteiger partial charge is 0.322 e. The molecule has 1 N–H and O–H groups in total. The van der Waals surface area contributed by atoms with Crippen LogP contribution in [0.4, 0.5) is 11.5 Å². The van der Waals surface area contributed by atoms with Crippen LogP contribution in [0.2, 0.25) is 0 Å². The van der Waals surface area contributed by atoms with Gasteiger partial charge in [-0.15, -0.1) is 0 Å². The monoisotopic (exact) mass is 469 g/mol. The van der Waals surface area contributed by atoms with E-state index in [1.165, 1.54) is 40.9 Å². The molecule has 3 aromatic carbocycles. The lowest BCUT2D eigenvalue weighted by molar-refractivity contribution is -0.148. The lowest BCUT2D eigenvalue weighted by atomic mass is 9.84. The third-order valence-electron chi connectivity index (χ3n) is 6.91. The van der Waals surface area contributed by atoms with E-state index in [2.05, 4.69) is 41.7 Å². The van der Waals surface area contributed by atoms with Crippen molar-refractivity contribution in [3.63, 3.8) is 0 Å². The Balaban J connectivity index is 1.41. The van der Waals surface area contributed by atoms with Gasteiger partial charge in [-0.25, -0.2) is 9.97 Å². The third kappa shape index (κ3) is 3.80. The number of anilines is 2. The first kappa shape index (κ1) is 21.4. The lowest BCUT2D eigenvalue weighted by Crippen LogP contribution is -2.43. The van der Waals surface area contributed by atoms with Crippen LogP contribution in [0.25, 0.3) is 21.7 Å². The molecule has 0 saturated heterocycles. The number of fused-ring (bicyclic) bond motifs is 2. The van der Waals surface area contributed by atoms with Crippen LogP contribution in [0.15, 0.2) is 65.8 Å². The number of carbonyl (C=O) groups excluding carboxylic acids is 1. The standard InChI is InChI=1S/C28H27N3O2S/c1-2-33-26(32)28(16-7-17-28)34-27-30-23-11-6-5-10-22(23)25(31-27)29-24-15-14-19(18-12-13-18)20-8-3-4-9-21(20)24/h3-6,8-11,14-15,18H,2,7,12-13,16-17H2,1H3,(H,29,30,31). The molecule has 2 saturated carbocycles. The normalized spacial score (nSPS) is 16.9. The molecule has 2 fully saturated rings. The predicted octanol–water partition coefficient (Wildman–Crippen LogP) is 6.98. The number of para-hydroxylation sites is 1. The summed E-state index contributed by atoms with van der Waals surface area (Å²) in [7, 11) is 0. The summed E-state index contributed by atoms with van der Waals surface area (Å²) in [5.74, 6) is 1.29. The van der Waals surface area contributed by atoms with Gasteiger partial charge >= 0.3 is 5.97 Å². The van der Waals surface area contributed by atoms with Crippen molar-refractivity contribution in [1.29, 1.82) is 0 Å². The topological polar surface area (TPSA) is 64.1 Å². The average Bonchev–Trinajstić information content (AvgIpc) is 3.67. The van der Waals surface area contributed by atoms with E-state index in [1.807, 2.05) is 31.2 Å². The highest BCUT2D eigenvalue weighted by Crippen LogP contribution is 2.48. The Morgan fingerprint density at radius 2 is 1.74 bits per heavy atom. The first-order valence-corrected chi connectivity index (χ1v) is 12.9. The number of aromatic nitrogens is 2. The molecule has 6 heteroatoms. The highest BCUT2D eigenvalue weighted by Gasteiger charge is 2.47. The van der Waals surface area contributed by atoms with E-state index in [0.717, 1.165) is 41.7 Å². The highest BCUT2D eigenvalue weighted by atomic mass is 32.2. The minimum atomic E-state index is -0.575. The number of nitrogens with one attached hydrogen (secondary N) is 1. The van der Waals surface area contributed by atoms with Crippen LogP contribution in [-0.2, 0) is 9.53 Å². The molecule has 6 rings (SSSR count). The second kappa shape index (κ2) is 8.58. The molecule has 34 heavy (non-hydrogen) atoms. The highest BCUT2D eigenvalue weighted by molar-refractivity contribution is 8.01. The molecule has 1 heterocycles. The molecule has 1 aromatic heterocycles. The van der Waals surface area contributed by atoms with Crippen molar-refractivity contribution in [2.24, 2.45) is 0 Å². The number of hydrogen-bond donors (Lipinski definition) is 1. The zero-order chi connectivity index (χ0) is 23.1. The van der Waals surface area contributed by atoms with Crippen molar-refractivity contribution in [3.05, 3.63) is 66.2 Å². The van der Waals surface area contributed by atoms with Gasteiger partial charge in [0.15, 0.2) is 5.16 Å². The van der Waals surface area contributed by atoms with Gasteiger partial charge < -0.3 is 10.1 Å². The summed E-state index contributed by atoms with van der Waals surface area (Å²) >= 11 is 1.45. The fraction of sp³-hybridized carbons (Fsp3) is 0.321. The van der Waals surface area contributed by atoms with Crippen LogP contribution in [0.3, 0.4) is 0 Å². The fourth-order valence-electron chi connectivity index (χ4n) is 4.79. The van der Waals surface area contributed by atoms with Gasteiger partial charge in [-0.1, -0.05) is 54.2 Å². The summed E-state index contributed by atoms with van der Waals surface area (Å²) in [6, 6.07) is 21.0. The van der Waals surface area contributed by atoms with Crippen LogP contribution >= 0.6 is 11.8 Å². The van der Waals surface area contributed by atoms with E-state index in [9.17, 15) is 4.79 Å². The maximum Gasteiger partial charge on any atom is 0.322 e. The van der Waals surface area contributed by atoms with Gasteiger partial charge in [0.1, 0.15) is 10.6 Å². The van der Waals surface area contributed by atoms with Crippen molar-refractivity contribution in [2.75, 3.05) is 11.9 Å². The van der Waals surface area contributed by atoms with E-state index >= 15 is 0 Å². The number of hydrogen-bond acceptors (Lipinski definition) is 6. The number of rotatable bonds is 7. The summed E-state index contributed by atoms with van der Waals surface area (Å²) in [5.41, 5.74) is 3.33. The maximum atomic E-state index is 12.7. The molecule has 172 valence electrons. The quantitative estimate of drug-likeness (QED) is 0.233. The largest absolute Gasteiger partial charge is 0.465 e. The molecule has 4 aromatic rings. The maximum absolute atomic E-state index is 12.7. The van der Waals surface area contributed by atoms with Crippen LogP contribution in [-0.4, -0.2) is 27.3 Å². The summed E-state index contributed by atoms with van der Waals surface area (Å²) in [5, 5.41) is 7.68. The Hall–Kier alpha value is -3.12. The molecule has 2 aliphatic rings. The minimum Gasteiger partial charge on any atom is -0.465 e. The zero-order valence-electron chi connectivity index (χ0n) is 19.2. The zero-order valence-corrected chi connectivity index (χ0v) is 20.0. The molecular formula is C28H27N3O2S. The van der Waals surface area contributed by atoms with Crippen molar-refractivity contribution in [2.45, 2.75) is 54.8 Å². The van der Waals surface area contributed by atoms with Crippen molar-refractivity contribution in [1.82, 2.24) is 9.97 Å². The number of carbonyl (C=O) groups is 1. The molecule has 0 atom stereocenters. The van der Waals surface area contributed by atoms with Gasteiger partial charge in [0, 0.05) is 16.5 Å². The summed E-state index contributed by atoms with van der Waals surface area (Å²) in [4.78, 5) is 22.4. The molecular weight excluding hydrogens is 442 g/mol. The number of ether oxygens (including phenoxy) is 1. The molecule has 5 nitrogen and oxygen atoms in total. The Kier molecular flexibility index (Phi) is 5.41. The van der Waals surface area contributed by atoms with Gasteiger partial charge in [0.25, 0.3) is 0 Å². The van der Waals surface area contributed by atoms with Gasteiger partial charge in [0.05, 0.1) is 12.1 Å². The summed E-state index contributed by atoms with van der Waals surface area (Å²) in [6.45, 7) is 2.23. The predicted molar refractivity (Wildman–Crippen MR) is 138 cm³/mol. The SMILES string of the molecule is CCOC(=O)C1(Sc2nc(Nc3ccc(C4CC4)c4ccccc34)c3ccccc3n2)CCC1. The fourth-order valence-corrected chi connectivity index (χ4v) is 6.05. The number of esters is 1. The molecule has 0 amide bonds.